The molecule has 0 saturated carbocycles. The third-order valence-electron chi connectivity index (χ3n) is 6.42. The summed E-state index contributed by atoms with van der Waals surface area (Å²) in [5, 5.41) is 10.2. The van der Waals surface area contributed by atoms with Crippen molar-refractivity contribution in [2.24, 2.45) is 4.99 Å². The monoisotopic (exact) mass is 468 g/mol. The van der Waals surface area contributed by atoms with Crippen molar-refractivity contribution in [3.05, 3.63) is 120 Å². The van der Waals surface area contributed by atoms with E-state index < -0.39 is 22.9 Å². The van der Waals surface area contributed by atoms with E-state index in [4.69, 9.17) is 4.99 Å². The minimum Gasteiger partial charge on any atom is -0.479 e. The molecule has 0 aromatic heterocycles. The van der Waals surface area contributed by atoms with Crippen LogP contribution in [0, 0.1) is 0 Å². The number of carboxylic acids is 1. The van der Waals surface area contributed by atoms with Crippen molar-refractivity contribution >= 4 is 28.7 Å². The van der Waals surface area contributed by atoms with Crippen LogP contribution in [0.2, 0.25) is 0 Å². The summed E-state index contributed by atoms with van der Waals surface area (Å²) in [7, 11) is 0. The van der Waals surface area contributed by atoms with Gasteiger partial charge in [0.1, 0.15) is 10.4 Å². The van der Waals surface area contributed by atoms with Crippen LogP contribution < -0.4 is 0 Å². The normalized spacial score (nSPS) is 22.1. The molecule has 1 saturated heterocycles. The predicted molar refractivity (Wildman–Crippen MR) is 135 cm³/mol. The van der Waals surface area contributed by atoms with E-state index in [0.29, 0.717) is 5.57 Å². The molecule has 1 fully saturated rings. The number of hydrogen-bond acceptors (Lipinski definition) is 4. The number of carbonyl (C=O) groups excluding carboxylic acids is 1. The van der Waals surface area contributed by atoms with Crippen LogP contribution in [0.25, 0.3) is 0 Å². The number of rotatable bonds is 7. The van der Waals surface area contributed by atoms with Crippen LogP contribution in [0.4, 0.5) is 0 Å². The van der Waals surface area contributed by atoms with Crippen molar-refractivity contribution in [3.8, 4) is 0 Å². The molecule has 2 heterocycles. The van der Waals surface area contributed by atoms with Crippen LogP contribution >= 0.6 is 11.8 Å². The van der Waals surface area contributed by atoms with Gasteiger partial charge in [0.15, 0.2) is 11.6 Å². The van der Waals surface area contributed by atoms with Gasteiger partial charge in [-0.15, -0.1) is 0 Å². The Labute approximate surface area is 202 Å². The molecule has 34 heavy (non-hydrogen) atoms. The quantitative estimate of drug-likeness (QED) is 0.394. The number of aliphatic carboxylic acids is 1. The fourth-order valence-electron chi connectivity index (χ4n) is 4.97. The number of nitrogens with zero attached hydrogens (tertiary/aromatic N) is 2. The van der Waals surface area contributed by atoms with Crippen LogP contribution in [0.3, 0.4) is 0 Å². The van der Waals surface area contributed by atoms with E-state index >= 15 is 0 Å². The molecule has 0 radical (unpaired) electrons. The molecule has 3 unspecified atom stereocenters. The summed E-state index contributed by atoms with van der Waals surface area (Å²) >= 11 is 1.46. The smallest absolute Gasteiger partial charge is 0.330 e. The van der Waals surface area contributed by atoms with Gasteiger partial charge in [0.05, 0.1) is 0 Å². The third kappa shape index (κ3) is 3.37. The molecule has 3 atom stereocenters. The van der Waals surface area contributed by atoms with Gasteiger partial charge in [0.2, 0.25) is 0 Å². The van der Waals surface area contributed by atoms with Crippen LogP contribution in [0.15, 0.2) is 108 Å². The summed E-state index contributed by atoms with van der Waals surface area (Å²) in [5.74, 6) is -1.74. The maximum Gasteiger partial charge on any atom is 0.330 e. The lowest BCUT2D eigenvalue weighted by Gasteiger charge is -2.55. The molecule has 5 rings (SSSR count). The Morgan fingerprint density at radius 1 is 0.971 bits per heavy atom. The molecule has 1 amide bonds. The average Bonchev–Trinajstić information content (AvgIpc) is 3.20. The van der Waals surface area contributed by atoms with Gasteiger partial charge in [-0.05, 0) is 23.6 Å². The molecule has 0 spiro atoms. The van der Waals surface area contributed by atoms with E-state index in [1.165, 1.54) is 16.7 Å². The molecule has 0 aliphatic carbocycles. The summed E-state index contributed by atoms with van der Waals surface area (Å²) in [4.78, 5) is 32.8. The number of hydrogen-bond donors (Lipinski definition) is 1. The van der Waals surface area contributed by atoms with Crippen molar-refractivity contribution in [1.82, 2.24) is 4.90 Å². The molecular weight excluding hydrogens is 444 g/mol. The summed E-state index contributed by atoms with van der Waals surface area (Å²) in [6, 6.07) is 28.4. The summed E-state index contributed by atoms with van der Waals surface area (Å²) in [5.41, 5.74) is 2.11. The van der Waals surface area contributed by atoms with Crippen molar-refractivity contribution in [2.75, 3.05) is 0 Å². The minimum atomic E-state index is -1.15. The zero-order chi connectivity index (χ0) is 23.9. The number of benzene rings is 3. The zero-order valence-electron chi connectivity index (χ0n) is 18.7. The minimum absolute atomic E-state index is 0.288. The molecule has 3 aromatic rings. The SMILES string of the molecule is C=C(C)C(C(=O)O)N1C(=O)C2(C(c3ccccc3)c3ccccc3)N=C(c3ccccc3)SC12. The molecule has 3 aromatic carbocycles. The molecule has 6 heteroatoms. The lowest BCUT2D eigenvalue weighted by Crippen LogP contribution is -2.75. The van der Waals surface area contributed by atoms with E-state index in [2.05, 4.69) is 6.58 Å². The number of likely N-dealkylation sites (tertiary alicyclic amines) is 1. The first-order valence-electron chi connectivity index (χ1n) is 11.1. The molecule has 5 nitrogen and oxygen atoms in total. The Morgan fingerprint density at radius 2 is 1.47 bits per heavy atom. The Bertz CT molecular complexity index is 1220. The van der Waals surface area contributed by atoms with Gasteiger partial charge in [-0.3, -0.25) is 9.79 Å². The number of aliphatic imine (C=N–C) groups is 1. The Kier molecular flexibility index (Phi) is 5.62. The number of carboxylic acid groups (broad SMARTS) is 1. The number of fused-ring (bicyclic) bond motifs is 1. The maximum absolute atomic E-state index is 14.1. The molecule has 0 bridgehead atoms. The largest absolute Gasteiger partial charge is 0.479 e. The first-order valence-corrected chi connectivity index (χ1v) is 12.0. The third-order valence-corrected chi connectivity index (χ3v) is 7.78. The summed E-state index contributed by atoms with van der Waals surface area (Å²) < 4.78 is 0. The van der Waals surface area contributed by atoms with Gasteiger partial charge < -0.3 is 10.0 Å². The van der Waals surface area contributed by atoms with E-state index in [9.17, 15) is 14.7 Å². The zero-order valence-corrected chi connectivity index (χ0v) is 19.5. The van der Waals surface area contributed by atoms with Crippen LogP contribution in [0.5, 0.6) is 0 Å². The molecular formula is C28H24N2O3S. The summed E-state index contributed by atoms with van der Waals surface area (Å²) in [6.45, 7) is 5.52. The van der Waals surface area contributed by atoms with Gasteiger partial charge in [-0.1, -0.05) is 109 Å². The standard InChI is InChI=1S/C28H24N2O3S/c1-18(2)23(25(31)32)30-26(33)28(27(30)34-24(29-28)21-16-10-5-11-17-21)22(19-12-6-3-7-13-19)20-14-8-4-9-15-20/h3-17,22-23,27H,1H2,2H3,(H,31,32). The molecule has 170 valence electrons. The Hall–Kier alpha value is -3.64. The number of β-lactam (4-membered cyclic amide) rings is 1. The van der Waals surface area contributed by atoms with E-state index in [1.54, 1.807) is 6.92 Å². The van der Waals surface area contributed by atoms with Crippen LogP contribution in [-0.2, 0) is 9.59 Å². The van der Waals surface area contributed by atoms with Gasteiger partial charge in [0, 0.05) is 11.5 Å². The van der Waals surface area contributed by atoms with E-state index in [0.717, 1.165) is 21.7 Å². The number of amides is 1. The van der Waals surface area contributed by atoms with Crippen molar-refractivity contribution in [2.45, 2.75) is 29.8 Å². The lowest BCUT2D eigenvalue weighted by atomic mass is 9.69. The highest BCUT2D eigenvalue weighted by atomic mass is 32.2. The van der Waals surface area contributed by atoms with Crippen molar-refractivity contribution in [1.29, 1.82) is 0 Å². The van der Waals surface area contributed by atoms with Crippen LogP contribution in [0.1, 0.15) is 29.5 Å². The van der Waals surface area contributed by atoms with E-state index in [1.807, 2.05) is 91.0 Å². The van der Waals surface area contributed by atoms with Crippen molar-refractivity contribution in [3.63, 3.8) is 0 Å². The average molecular weight is 469 g/mol. The van der Waals surface area contributed by atoms with E-state index in [-0.39, 0.29) is 11.8 Å². The predicted octanol–water partition coefficient (Wildman–Crippen LogP) is 4.95. The van der Waals surface area contributed by atoms with Gasteiger partial charge >= 0.3 is 5.97 Å². The summed E-state index contributed by atoms with van der Waals surface area (Å²) in [6.07, 6.45) is 0. The fourth-order valence-corrected chi connectivity index (χ4v) is 6.46. The second-order valence-corrected chi connectivity index (χ2v) is 9.70. The van der Waals surface area contributed by atoms with Gasteiger partial charge in [0.25, 0.3) is 5.91 Å². The molecule has 1 N–H and O–H groups in total. The first-order chi connectivity index (χ1) is 16.4. The number of carbonyl (C=O) groups is 2. The molecule has 2 aliphatic heterocycles. The Morgan fingerprint density at radius 3 is 1.94 bits per heavy atom. The lowest BCUT2D eigenvalue weighted by molar-refractivity contribution is -0.164. The highest BCUT2D eigenvalue weighted by Crippen LogP contribution is 2.58. The molecule has 2 aliphatic rings. The van der Waals surface area contributed by atoms with Crippen LogP contribution in [-0.4, -0.2) is 43.9 Å². The topological polar surface area (TPSA) is 70.0 Å². The highest BCUT2D eigenvalue weighted by molar-refractivity contribution is 8.15. The number of thioether (sulfide) groups is 1. The van der Waals surface area contributed by atoms with Gasteiger partial charge in [-0.25, -0.2) is 4.79 Å². The second-order valence-electron chi connectivity index (χ2n) is 8.63. The first kappa shape index (κ1) is 22.2. The van der Waals surface area contributed by atoms with Gasteiger partial charge in [-0.2, -0.15) is 0 Å². The highest BCUT2D eigenvalue weighted by Gasteiger charge is 2.71. The Balaban J connectivity index is 1.71. The van der Waals surface area contributed by atoms with Crippen molar-refractivity contribution < 1.29 is 14.7 Å². The second kappa shape index (κ2) is 8.61. The maximum atomic E-state index is 14.1. The fraction of sp³-hybridized carbons (Fsp3) is 0.179.